The molecule has 0 aliphatic rings. The van der Waals surface area contributed by atoms with Crippen molar-refractivity contribution in [3.8, 4) is 0 Å². The summed E-state index contributed by atoms with van der Waals surface area (Å²) >= 11 is 4.79. The highest BCUT2D eigenvalue weighted by atomic mass is 32.2. The average molecular weight is 316 g/mol. The lowest BCUT2D eigenvalue weighted by Crippen LogP contribution is -2.38. The zero-order chi connectivity index (χ0) is 15.5. The molecule has 0 fully saturated rings. The van der Waals surface area contributed by atoms with E-state index in [0.29, 0.717) is 0 Å². The fourth-order valence-corrected chi connectivity index (χ4v) is 2.87. The lowest BCUT2D eigenvalue weighted by Gasteiger charge is -2.20. The number of nitrogens with zero attached hydrogens (tertiary/aromatic N) is 3. The Morgan fingerprint density at radius 1 is 1.40 bits per heavy atom. The SMILES string of the molecule is CN(C)C(=O)CN(C)S(=O)(=O)c1cccnc1C(N)=S. The summed E-state index contributed by atoms with van der Waals surface area (Å²) in [5.74, 6) is -0.336. The molecule has 0 aromatic carbocycles. The van der Waals surface area contributed by atoms with Gasteiger partial charge in [-0.1, -0.05) is 12.2 Å². The number of sulfonamides is 1. The van der Waals surface area contributed by atoms with E-state index >= 15 is 0 Å². The Kier molecular flexibility index (Phi) is 5.15. The Bertz CT molecular complexity index is 628. The minimum Gasteiger partial charge on any atom is -0.388 e. The molecule has 0 saturated heterocycles. The number of likely N-dealkylation sites (N-methyl/N-ethyl adjacent to an activating group) is 2. The molecule has 0 aliphatic heterocycles. The molecule has 7 nitrogen and oxygen atoms in total. The number of hydrogen-bond donors (Lipinski definition) is 1. The molecule has 2 N–H and O–H groups in total. The van der Waals surface area contributed by atoms with Crippen LogP contribution in [0.25, 0.3) is 0 Å². The number of hydrogen-bond acceptors (Lipinski definition) is 5. The highest BCUT2D eigenvalue weighted by molar-refractivity contribution is 7.89. The molecule has 0 spiro atoms. The van der Waals surface area contributed by atoms with E-state index in [1.54, 1.807) is 14.1 Å². The number of amides is 1. The van der Waals surface area contributed by atoms with Crippen LogP contribution in [0.2, 0.25) is 0 Å². The summed E-state index contributed by atoms with van der Waals surface area (Å²) in [5, 5.41) is 0. The van der Waals surface area contributed by atoms with Crippen LogP contribution in [-0.4, -0.2) is 61.2 Å². The number of carbonyl (C=O) groups excluding carboxylic acids is 1. The van der Waals surface area contributed by atoms with Crippen LogP contribution in [0.1, 0.15) is 5.69 Å². The number of thiocarbonyl (C=S) groups is 1. The maximum atomic E-state index is 12.4. The van der Waals surface area contributed by atoms with Crippen molar-refractivity contribution in [2.45, 2.75) is 4.90 Å². The molecule has 110 valence electrons. The van der Waals surface area contributed by atoms with E-state index in [1.165, 1.54) is 30.3 Å². The lowest BCUT2D eigenvalue weighted by atomic mass is 10.3. The van der Waals surface area contributed by atoms with Gasteiger partial charge in [0.05, 0.1) is 6.54 Å². The zero-order valence-corrected chi connectivity index (χ0v) is 13.0. The van der Waals surface area contributed by atoms with E-state index in [-0.39, 0.29) is 28.0 Å². The van der Waals surface area contributed by atoms with Crippen molar-refractivity contribution in [1.29, 1.82) is 0 Å². The van der Waals surface area contributed by atoms with Crippen molar-refractivity contribution in [1.82, 2.24) is 14.2 Å². The molecule has 1 aromatic heterocycles. The highest BCUT2D eigenvalue weighted by Gasteiger charge is 2.27. The van der Waals surface area contributed by atoms with Crippen LogP contribution in [0.3, 0.4) is 0 Å². The summed E-state index contributed by atoms with van der Waals surface area (Å²) in [5.41, 5.74) is 5.49. The third-order valence-electron chi connectivity index (χ3n) is 2.55. The topological polar surface area (TPSA) is 96.6 Å². The van der Waals surface area contributed by atoms with Crippen molar-refractivity contribution in [2.24, 2.45) is 5.73 Å². The predicted octanol–water partition coefficient (Wildman–Crippen LogP) is -0.575. The quantitative estimate of drug-likeness (QED) is 0.730. The second-order valence-corrected chi connectivity index (χ2v) is 6.72. The van der Waals surface area contributed by atoms with Gasteiger partial charge in [0.15, 0.2) is 0 Å². The van der Waals surface area contributed by atoms with E-state index in [4.69, 9.17) is 18.0 Å². The van der Waals surface area contributed by atoms with Crippen LogP contribution in [0.4, 0.5) is 0 Å². The van der Waals surface area contributed by atoms with Crippen LogP contribution >= 0.6 is 12.2 Å². The maximum Gasteiger partial charge on any atom is 0.245 e. The van der Waals surface area contributed by atoms with Gasteiger partial charge in [0.2, 0.25) is 15.9 Å². The third kappa shape index (κ3) is 3.50. The van der Waals surface area contributed by atoms with Crippen molar-refractivity contribution < 1.29 is 13.2 Å². The number of carbonyl (C=O) groups is 1. The molecule has 1 rings (SSSR count). The Hall–Kier alpha value is -1.58. The molecular weight excluding hydrogens is 300 g/mol. The van der Waals surface area contributed by atoms with Crippen LogP contribution in [0.5, 0.6) is 0 Å². The van der Waals surface area contributed by atoms with Crippen molar-refractivity contribution in [3.05, 3.63) is 24.0 Å². The fourth-order valence-electron chi connectivity index (χ4n) is 1.37. The van der Waals surface area contributed by atoms with E-state index in [2.05, 4.69) is 4.98 Å². The lowest BCUT2D eigenvalue weighted by molar-refractivity contribution is -0.128. The Morgan fingerprint density at radius 3 is 2.50 bits per heavy atom. The van der Waals surface area contributed by atoms with E-state index in [1.807, 2.05) is 0 Å². The fraction of sp³-hybridized carbons (Fsp3) is 0.364. The summed E-state index contributed by atoms with van der Waals surface area (Å²) in [6.45, 7) is -0.277. The van der Waals surface area contributed by atoms with Crippen LogP contribution in [-0.2, 0) is 14.8 Å². The first kappa shape index (κ1) is 16.5. The van der Waals surface area contributed by atoms with Crippen LogP contribution in [0.15, 0.2) is 23.2 Å². The van der Waals surface area contributed by atoms with Crippen LogP contribution < -0.4 is 5.73 Å². The second-order valence-electron chi connectivity index (χ2n) is 4.26. The van der Waals surface area contributed by atoms with Gasteiger partial charge in [-0.2, -0.15) is 4.31 Å². The summed E-state index contributed by atoms with van der Waals surface area (Å²) in [6.07, 6.45) is 1.40. The standard InChI is InChI=1S/C11H16N4O3S2/c1-14(2)9(16)7-15(3)20(17,18)8-5-4-6-13-10(8)11(12)19/h4-6H,7H2,1-3H3,(H2,12,19). The normalized spacial score (nSPS) is 11.4. The van der Waals surface area contributed by atoms with Gasteiger partial charge in [-0.05, 0) is 12.1 Å². The van der Waals surface area contributed by atoms with Crippen LogP contribution in [0, 0.1) is 0 Å². The Labute approximate surface area is 123 Å². The largest absolute Gasteiger partial charge is 0.388 e. The first-order valence-corrected chi connectivity index (χ1v) is 7.44. The molecular formula is C11H16N4O3S2. The molecule has 0 radical (unpaired) electrons. The molecule has 1 aromatic rings. The number of rotatable bonds is 5. The number of aromatic nitrogens is 1. The summed E-state index contributed by atoms with van der Waals surface area (Å²) in [7, 11) is 0.523. The zero-order valence-electron chi connectivity index (χ0n) is 11.4. The monoisotopic (exact) mass is 316 g/mol. The molecule has 1 heterocycles. The maximum absolute atomic E-state index is 12.4. The van der Waals surface area contributed by atoms with Gasteiger partial charge in [-0.25, -0.2) is 8.42 Å². The molecule has 9 heteroatoms. The van der Waals surface area contributed by atoms with E-state index < -0.39 is 10.0 Å². The van der Waals surface area contributed by atoms with Gasteiger partial charge >= 0.3 is 0 Å². The van der Waals surface area contributed by atoms with Gasteiger partial charge in [-0.15, -0.1) is 0 Å². The van der Waals surface area contributed by atoms with Gasteiger partial charge in [0.1, 0.15) is 15.6 Å². The average Bonchev–Trinajstić information content (AvgIpc) is 2.38. The Morgan fingerprint density at radius 2 is 2.00 bits per heavy atom. The molecule has 20 heavy (non-hydrogen) atoms. The van der Waals surface area contributed by atoms with Gasteiger partial charge in [-0.3, -0.25) is 9.78 Å². The molecule has 0 aliphatic carbocycles. The number of nitrogens with two attached hydrogens (primary N) is 1. The summed E-state index contributed by atoms with van der Waals surface area (Å²) in [4.78, 5) is 16.6. The van der Waals surface area contributed by atoms with Gasteiger partial charge in [0.25, 0.3) is 0 Å². The second kappa shape index (κ2) is 6.25. The van der Waals surface area contributed by atoms with Crippen molar-refractivity contribution in [2.75, 3.05) is 27.7 Å². The smallest absolute Gasteiger partial charge is 0.245 e. The minimum atomic E-state index is -3.89. The predicted molar refractivity (Wildman–Crippen MR) is 78.6 cm³/mol. The van der Waals surface area contributed by atoms with Crippen molar-refractivity contribution in [3.63, 3.8) is 0 Å². The first-order valence-electron chi connectivity index (χ1n) is 5.59. The Balaban J connectivity index is 3.17. The van der Waals surface area contributed by atoms with Crippen molar-refractivity contribution >= 4 is 33.1 Å². The minimum absolute atomic E-state index is 0.0200. The molecule has 1 amide bonds. The molecule has 0 saturated carbocycles. The van der Waals surface area contributed by atoms with Gasteiger partial charge < -0.3 is 10.6 Å². The molecule has 0 bridgehead atoms. The first-order chi connectivity index (χ1) is 9.17. The van der Waals surface area contributed by atoms with E-state index in [9.17, 15) is 13.2 Å². The molecule has 0 atom stereocenters. The third-order valence-corrected chi connectivity index (χ3v) is 4.58. The van der Waals surface area contributed by atoms with E-state index in [0.717, 1.165) is 4.31 Å². The number of pyridine rings is 1. The molecule has 0 unspecified atom stereocenters. The highest BCUT2D eigenvalue weighted by Crippen LogP contribution is 2.17. The van der Waals surface area contributed by atoms with Gasteiger partial charge in [0, 0.05) is 27.3 Å². The summed E-state index contributed by atoms with van der Waals surface area (Å²) < 4.78 is 25.8. The summed E-state index contributed by atoms with van der Waals surface area (Å²) in [6, 6.07) is 2.82.